The van der Waals surface area contributed by atoms with E-state index < -0.39 is 0 Å². The average Bonchev–Trinajstić information content (AvgIpc) is 3.12. The summed E-state index contributed by atoms with van der Waals surface area (Å²) in [6, 6.07) is 13.7. The summed E-state index contributed by atoms with van der Waals surface area (Å²) < 4.78 is 13.2. The van der Waals surface area contributed by atoms with Gasteiger partial charge in [0.15, 0.2) is 6.61 Å². The van der Waals surface area contributed by atoms with Gasteiger partial charge in [0.1, 0.15) is 23.1 Å². The van der Waals surface area contributed by atoms with E-state index in [4.69, 9.17) is 9.47 Å². The van der Waals surface area contributed by atoms with E-state index in [1.807, 2.05) is 30.3 Å². The molecule has 3 aromatic rings. The van der Waals surface area contributed by atoms with Crippen LogP contribution in [0.5, 0.6) is 11.5 Å². The molecule has 2 aromatic carbocycles. The first kappa shape index (κ1) is 23.8. The number of para-hydroxylation sites is 1. The summed E-state index contributed by atoms with van der Waals surface area (Å²) in [5.41, 5.74) is 3.74. The van der Waals surface area contributed by atoms with Gasteiger partial charge in [-0.2, -0.15) is 0 Å². The number of benzene rings is 2. The fourth-order valence-corrected chi connectivity index (χ4v) is 4.28. The number of hydrogen-bond donors (Lipinski definition) is 1. The first-order chi connectivity index (χ1) is 16.5. The number of fused-ring (bicyclic) bond motifs is 1. The minimum absolute atomic E-state index is 0.00116. The van der Waals surface area contributed by atoms with Crippen LogP contribution in [0.2, 0.25) is 0 Å². The predicted octanol–water partition coefficient (Wildman–Crippen LogP) is 2.70. The zero-order valence-electron chi connectivity index (χ0n) is 20.2. The Morgan fingerprint density at radius 2 is 1.88 bits per heavy atom. The van der Waals surface area contributed by atoms with Gasteiger partial charge in [-0.15, -0.1) is 10.2 Å². The largest absolute Gasteiger partial charge is 0.496 e. The third-order valence-corrected chi connectivity index (χ3v) is 6.23. The van der Waals surface area contributed by atoms with Crippen LogP contribution in [0.3, 0.4) is 0 Å². The molecule has 0 bridgehead atoms. The number of carbonyl (C=O) groups is 1. The van der Waals surface area contributed by atoms with Crippen LogP contribution >= 0.6 is 0 Å². The third-order valence-electron chi connectivity index (χ3n) is 6.23. The molecule has 180 valence electrons. The number of hydrogen-bond acceptors (Lipinski definition) is 6. The topological polar surface area (TPSA) is 81.5 Å². The second-order valence-corrected chi connectivity index (χ2v) is 8.66. The van der Waals surface area contributed by atoms with Gasteiger partial charge in [-0.05, 0) is 48.7 Å². The Morgan fingerprint density at radius 1 is 1.06 bits per heavy atom. The molecular weight excluding hydrogens is 430 g/mol. The van der Waals surface area contributed by atoms with Gasteiger partial charge >= 0.3 is 0 Å². The zero-order chi connectivity index (χ0) is 23.9. The van der Waals surface area contributed by atoms with E-state index in [-0.39, 0.29) is 12.5 Å². The number of rotatable bonds is 9. The maximum atomic E-state index is 12.1. The van der Waals surface area contributed by atoms with Crippen LogP contribution < -0.4 is 14.8 Å². The van der Waals surface area contributed by atoms with Crippen molar-refractivity contribution in [3.63, 3.8) is 0 Å². The van der Waals surface area contributed by atoms with E-state index in [9.17, 15) is 4.79 Å². The molecule has 1 amide bonds. The molecule has 4 rings (SSSR count). The molecule has 1 aliphatic rings. The van der Waals surface area contributed by atoms with Crippen molar-refractivity contribution >= 4 is 5.91 Å². The van der Waals surface area contributed by atoms with Gasteiger partial charge in [-0.3, -0.25) is 9.69 Å². The number of nitrogens with zero attached hydrogens (tertiary/aromatic N) is 4. The molecule has 0 fully saturated rings. The lowest BCUT2D eigenvalue weighted by Crippen LogP contribution is -2.31. The lowest BCUT2D eigenvalue weighted by molar-refractivity contribution is -0.123. The van der Waals surface area contributed by atoms with Gasteiger partial charge in [-0.1, -0.05) is 24.3 Å². The second kappa shape index (κ2) is 11.2. The number of nitrogens with one attached hydrogen (secondary N) is 1. The van der Waals surface area contributed by atoms with Crippen molar-refractivity contribution in [1.29, 1.82) is 0 Å². The van der Waals surface area contributed by atoms with Crippen molar-refractivity contribution in [3.8, 4) is 11.5 Å². The molecule has 0 radical (unpaired) electrons. The molecule has 8 heteroatoms. The first-order valence-corrected chi connectivity index (χ1v) is 11.8. The molecule has 0 unspecified atom stereocenters. The Kier molecular flexibility index (Phi) is 7.80. The fourth-order valence-electron chi connectivity index (χ4n) is 4.28. The highest BCUT2D eigenvalue weighted by Gasteiger charge is 2.19. The summed E-state index contributed by atoms with van der Waals surface area (Å²) in [6.07, 6.45) is 1.50. The molecule has 1 aromatic heterocycles. The van der Waals surface area contributed by atoms with Crippen LogP contribution in [-0.4, -0.2) is 58.9 Å². The first-order valence-electron chi connectivity index (χ1n) is 11.8. The van der Waals surface area contributed by atoms with Gasteiger partial charge in [0.2, 0.25) is 0 Å². The Morgan fingerprint density at radius 3 is 2.68 bits per heavy atom. The Hall–Kier alpha value is -3.39. The number of aromatic nitrogens is 3. The molecule has 8 nitrogen and oxygen atoms in total. The fraction of sp³-hybridized carbons (Fsp3) is 0.423. The molecule has 0 aliphatic carbocycles. The molecule has 0 saturated carbocycles. The van der Waals surface area contributed by atoms with Gasteiger partial charge < -0.3 is 19.4 Å². The van der Waals surface area contributed by atoms with E-state index >= 15 is 0 Å². The summed E-state index contributed by atoms with van der Waals surface area (Å²) >= 11 is 0. The highest BCUT2D eigenvalue weighted by Crippen LogP contribution is 2.24. The smallest absolute Gasteiger partial charge is 0.257 e. The maximum absolute atomic E-state index is 12.1. The van der Waals surface area contributed by atoms with Crippen molar-refractivity contribution < 1.29 is 14.3 Å². The van der Waals surface area contributed by atoms with E-state index in [1.165, 1.54) is 11.1 Å². The van der Waals surface area contributed by atoms with Crippen LogP contribution in [-0.2, 0) is 30.7 Å². The van der Waals surface area contributed by atoms with Crippen LogP contribution in [0, 0.1) is 13.8 Å². The van der Waals surface area contributed by atoms with Crippen LogP contribution in [0.4, 0.5) is 0 Å². The van der Waals surface area contributed by atoms with Gasteiger partial charge in [-0.25, -0.2) is 0 Å². The van der Waals surface area contributed by atoms with Crippen molar-refractivity contribution in [3.05, 3.63) is 70.8 Å². The third kappa shape index (κ3) is 5.94. The number of methoxy groups -OCH3 is 1. The normalized spacial score (nSPS) is 13.7. The highest BCUT2D eigenvalue weighted by molar-refractivity contribution is 5.77. The van der Waals surface area contributed by atoms with Crippen LogP contribution in [0.15, 0.2) is 42.5 Å². The number of aryl methyl sites for hydroxylation is 2. The van der Waals surface area contributed by atoms with Gasteiger partial charge in [0.25, 0.3) is 5.91 Å². The zero-order valence-corrected chi connectivity index (χ0v) is 20.2. The summed E-state index contributed by atoms with van der Waals surface area (Å²) in [6.45, 7) is 8.35. The highest BCUT2D eigenvalue weighted by atomic mass is 16.5. The summed E-state index contributed by atoms with van der Waals surface area (Å²) in [5.74, 6) is 3.41. The van der Waals surface area contributed by atoms with Crippen molar-refractivity contribution in [2.24, 2.45) is 0 Å². The monoisotopic (exact) mass is 463 g/mol. The SMILES string of the molecule is COc1cc(C)c(CN2CCc3nnc(CCNC(=O)COc4ccccc4)n3CC2)cc1C. The maximum Gasteiger partial charge on any atom is 0.257 e. The van der Waals surface area contributed by atoms with Crippen molar-refractivity contribution in [2.45, 2.75) is 39.8 Å². The number of carbonyl (C=O) groups excluding carboxylic acids is 1. The Balaban J connectivity index is 1.27. The number of amides is 1. The number of ether oxygens (including phenoxy) is 2. The molecule has 0 spiro atoms. The lowest BCUT2D eigenvalue weighted by Gasteiger charge is -2.21. The molecule has 1 aliphatic heterocycles. The van der Waals surface area contributed by atoms with Gasteiger partial charge in [0, 0.05) is 45.6 Å². The van der Waals surface area contributed by atoms with Crippen LogP contribution in [0.25, 0.3) is 0 Å². The van der Waals surface area contributed by atoms with Crippen molar-refractivity contribution in [2.75, 3.05) is 33.4 Å². The summed E-state index contributed by atoms with van der Waals surface area (Å²) in [4.78, 5) is 14.6. The van der Waals surface area contributed by atoms with Crippen LogP contribution in [0.1, 0.15) is 28.3 Å². The van der Waals surface area contributed by atoms with E-state index in [1.54, 1.807) is 7.11 Å². The molecular formula is C26H33N5O3. The minimum Gasteiger partial charge on any atom is -0.496 e. The van der Waals surface area contributed by atoms with E-state index in [0.717, 1.165) is 55.6 Å². The minimum atomic E-state index is -0.143. The second-order valence-electron chi connectivity index (χ2n) is 8.66. The standard InChI is InChI=1S/C26H33N5O3/c1-19-16-23(33-3)20(2)15-21(19)17-30-12-10-25-29-28-24(31(25)14-13-30)9-11-27-26(32)18-34-22-7-5-4-6-8-22/h4-8,15-16H,9-14,17-18H2,1-3H3,(H,27,32). The molecule has 0 atom stereocenters. The van der Waals surface area contributed by atoms with E-state index in [2.05, 4.69) is 51.0 Å². The van der Waals surface area contributed by atoms with E-state index in [0.29, 0.717) is 18.7 Å². The lowest BCUT2D eigenvalue weighted by atomic mass is 10.0. The summed E-state index contributed by atoms with van der Waals surface area (Å²) in [5, 5.41) is 11.7. The molecule has 34 heavy (non-hydrogen) atoms. The average molecular weight is 464 g/mol. The Bertz CT molecular complexity index is 1110. The Labute approximate surface area is 200 Å². The molecule has 0 saturated heterocycles. The predicted molar refractivity (Wildman–Crippen MR) is 130 cm³/mol. The molecule has 1 N–H and O–H groups in total. The molecule has 2 heterocycles. The quantitative estimate of drug-likeness (QED) is 0.526. The van der Waals surface area contributed by atoms with Crippen molar-refractivity contribution in [1.82, 2.24) is 25.0 Å². The van der Waals surface area contributed by atoms with Gasteiger partial charge in [0.05, 0.1) is 7.11 Å². The summed E-state index contributed by atoms with van der Waals surface area (Å²) in [7, 11) is 1.72.